The lowest BCUT2D eigenvalue weighted by Gasteiger charge is -2.29. The third kappa shape index (κ3) is 12.7. The number of amides is 4. The van der Waals surface area contributed by atoms with Crippen LogP contribution in [0.5, 0.6) is 0 Å². The number of aliphatic imine (C=N–C) groups is 1. The van der Waals surface area contributed by atoms with Gasteiger partial charge in [0.05, 0.1) is 31.3 Å². The lowest BCUT2D eigenvalue weighted by molar-refractivity contribution is -0.143. The molecule has 0 aromatic rings. The van der Waals surface area contributed by atoms with Crippen molar-refractivity contribution < 1.29 is 53.7 Å². The molecule has 1 saturated carbocycles. The Morgan fingerprint density at radius 3 is 1.67 bits per heavy atom. The molecule has 0 aromatic carbocycles. The van der Waals surface area contributed by atoms with Gasteiger partial charge in [-0.2, -0.15) is 0 Å². The van der Waals surface area contributed by atoms with E-state index in [0.717, 1.165) is 0 Å². The van der Waals surface area contributed by atoms with Crippen molar-refractivity contribution in [2.75, 3.05) is 13.6 Å². The highest BCUT2D eigenvalue weighted by atomic mass is 16.4. The van der Waals surface area contributed by atoms with Gasteiger partial charge in [-0.15, -0.1) is 0 Å². The number of carboxylic acids is 3. The van der Waals surface area contributed by atoms with Gasteiger partial charge in [0.25, 0.3) is 0 Å². The van der Waals surface area contributed by atoms with E-state index in [1.807, 2.05) is 0 Å². The fourth-order valence-corrected chi connectivity index (χ4v) is 5.04. The van der Waals surface area contributed by atoms with Gasteiger partial charge in [0.2, 0.25) is 23.6 Å². The molecule has 1 unspecified atom stereocenters. The maximum Gasteiger partial charge on any atom is 0.305 e. The van der Waals surface area contributed by atoms with Crippen LogP contribution in [-0.2, 0) is 38.4 Å². The summed E-state index contributed by atoms with van der Waals surface area (Å²) in [6.45, 7) is 5.20. The molecule has 6 atom stereocenters. The summed E-state index contributed by atoms with van der Waals surface area (Å²) >= 11 is 0. The van der Waals surface area contributed by atoms with E-state index in [1.54, 1.807) is 20.8 Å². The lowest BCUT2D eigenvalue weighted by Crippen LogP contribution is -2.59. The number of aliphatic carboxylic acids is 3. The molecule has 0 spiro atoms. The number of carboxylic acid groups (broad SMARTS) is 3. The molecule has 0 aromatic heterocycles. The summed E-state index contributed by atoms with van der Waals surface area (Å²) in [6, 6.07) is -7.25. The van der Waals surface area contributed by atoms with E-state index in [4.69, 9.17) is 16.6 Å². The molecule has 0 radical (unpaired) electrons. The number of nitrogens with zero attached hydrogens (tertiary/aromatic N) is 1. The van der Waals surface area contributed by atoms with Gasteiger partial charge >= 0.3 is 17.9 Å². The minimum Gasteiger partial charge on any atom is -0.481 e. The molecule has 0 saturated heterocycles. The van der Waals surface area contributed by atoms with Crippen molar-refractivity contribution in [2.45, 2.75) is 89.5 Å². The van der Waals surface area contributed by atoms with Gasteiger partial charge in [-0.25, -0.2) is 0 Å². The quantitative estimate of drug-likeness (QED) is 0.0369. The summed E-state index contributed by atoms with van der Waals surface area (Å²) in [7, 11) is 1.32. The number of Topliss-reactive ketones (excluding diaryl/α,β-unsaturated/α-hetero) is 1. The van der Waals surface area contributed by atoms with Crippen molar-refractivity contribution >= 4 is 53.3 Å². The number of carbonyl (C=O) groups excluding carboxylic acids is 5. The van der Waals surface area contributed by atoms with Crippen LogP contribution in [0.2, 0.25) is 0 Å². The summed E-state index contributed by atoms with van der Waals surface area (Å²) in [5.41, 5.74) is 9.92. The first-order valence-corrected chi connectivity index (χ1v) is 14.4. The van der Waals surface area contributed by atoms with Crippen LogP contribution in [0.4, 0.5) is 0 Å². The second-order valence-electron chi connectivity index (χ2n) is 11.7. The Morgan fingerprint density at radius 1 is 0.804 bits per heavy atom. The summed E-state index contributed by atoms with van der Waals surface area (Å²) in [5, 5.41) is 39.6. The van der Waals surface area contributed by atoms with Crippen molar-refractivity contribution in [3.63, 3.8) is 0 Å². The Labute approximate surface area is 264 Å². The third-order valence-electron chi connectivity index (χ3n) is 7.32. The monoisotopic (exact) mass is 656 g/mol. The first kappa shape index (κ1) is 39.2. The van der Waals surface area contributed by atoms with Gasteiger partial charge < -0.3 is 53.4 Å². The van der Waals surface area contributed by atoms with Gasteiger partial charge in [-0.05, 0) is 31.7 Å². The van der Waals surface area contributed by atoms with Crippen molar-refractivity contribution in [1.29, 1.82) is 0 Å². The molecule has 0 heterocycles. The smallest absolute Gasteiger partial charge is 0.305 e. The molecule has 258 valence electrons. The number of likely N-dealkylation sites (N-methyl/N-ethyl adjacent to an activating group) is 1. The van der Waals surface area contributed by atoms with E-state index < -0.39 is 96.4 Å². The van der Waals surface area contributed by atoms with Crippen LogP contribution in [0.3, 0.4) is 0 Å². The van der Waals surface area contributed by atoms with Crippen LogP contribution in [0.15, 0.2) is 4.99 Å². The Morgan fingerprint density at radius 2 is 1.24 bits per heavy atom. The standard InChI is InChI=1S/C27H44N8O11/c1-12-11-27(2,3)21(20(12)42)35-25(46)16(10-19(40)41)34-24(45)15(9-18(38)39)33-22(43)13(6-5-7-31-26(28)29)32-23(44)14(30-4)8-17(36)37/h12-16,21,30H,5-11H2,1-4H3,(H,32,44)(H,33,43)(H,34,45)(H,35,46)(H,36,37)(H,38,39)(H,40,41)(H4,28,29,31)/t12?,13-,14-,15-,16-,21+/m0/s1. The molecule has 12 N–H and O–H groups in total. The summed E-state index contributed by atoms with van der Waals surface area (Å²) in [4.78, 5) is 103. The molecule has 1 aliphatic rings. The predicted octanol–water partition coefficient (Wildman–Crippen LogP) is -3.37. The van der Waals surface area contributed by atoms with E-state index in [-0.39, 0.29) is 37.0 Å². The molecule has 1 aliphatic carbocycles. The zero-order valence-electron chi connectivity index (χ0n) is 26.1. The lowest BCUT2D eigenvalue weighted by atomic mass is 9.86. The first-order valence-electron chi connectivity index (χ1n) is 14.4. The highest BCUT2D eigenvalue weighted by Crippen LogP contribution is 2.38. The third-order valence-corrected chi connectivity index (χ3v) is 7.32. The molecule has 1 rings (SSSR count). The molecular formula is C27H44N8O11. The zero-order chi connectivity index (χ0) is 35.4. The minimum absolute atomic E-state index is 0.0245. The number of nitrogens with one attached hydrogen (secondary N) is 5. The van der Waals surface area contributed by atoms with Crippen LogP contribution in [0.25, 0.3) is 0 Å². The van der Waals surface area contributed by atoms with Crippen molar-refractivity contribution in [3.05, 3.63) is 0 Å². The fraction of sp³-hybridized carbons (Fsp3) is 0.667. The van der Waals surface area contributed by atoms with Crippen LogP contribution in [0.1, 0.15) is 59.3 Å². The summed E-state index contributed by atoms with van der Waals surface area (Å²) in [5.74, 6) is -9.39. The predicted molar refractivity (Wildman–Crippen MR) is 160 cm³/mol. The first-order chi connectivity index (χ1) is 21.3. The van der Waals surface area contributed by atoms with Crippen LogP contribution in [-0.4, -0.2) is 112 Å². The van der Waals surface area contributed by atoms with E-state index >= 15 is 0 Å². The average Bonchev–Trinajstić information content (AvgIpc) is 3.12. The molecule has 4 amide bonds. The molecule has 46 heavy (non-hydrogen) atoms. The van der Waals surface area contributed by atoms with Crippen molar-refractivity contribution in [3.8, 4) is 0 Å². The van der Waals surface area contributed by atoms with E-state index in [0.29, 0.717) is 6.42 Å². The van der Waals surface area contributed by atoms with E-state index in [2.05, 4.69) is 31.6 Å². The average molecular weight is 657 g/mol. The summed E-state index contributed by atoms with van der Waals surface area (Å²) in [6.07, 6.45) is -2.13. The Bertz CT molecular complexity index is 1220. The SMILES string of the molecule is CN[C@@H](CC(=O)O)C(=O)N[C@@H](CCCN=C(N)N)C(=O)N[C@@H](CC(=O)O)C(=O)N[C@@H](CC(=O)O)C(=O)N[C@@H]1C(=O)C(C)CC1(C)C. The van der Waals surface area contributed by atoms with E-state index in [1.165, 1.54) is 7.05 Å². The van der Waals surface area contributed by atoms with Gasteiger partial charge in [0.15, 0.2) is 11.7 Å². The minimum atomic E-state index is -1.85. The van der Waals surface area contributed by atoms with Gasteiger partial charge in [-0.3, -0.25) is 43.3 Å². The highest BCUT2D eigenvalue weighted by molar-refractivity contribution is 5.99. The highest BCUT2D eigenvalue weighted by Gasteiger charge is 2.47. The number of ketones is 1. The molecule has 0 bridgehead atoms. The Kier molecular flexibility index (Phi) is 15.0. The topological polar surface area (TPSA) is 322 Å². The second-order valence-corrected chi connectivity index (χ2v) is 11.7. The number of guanidine groups is 1. The number of carbonyl (C=O) groups is 8. The largest absolute Gasteiger partial charge is 0.481 e. The van der Waals surface area contributed by atoms with Crippen molar-refractivity contribution in [1.82, 2.24) is 26.6 Å². The fourth-order valence-electron chi connectivity index (χ4n) is 5.04. The Hall–Kier alpha value is -4.81. The van der Waals surface area contributed by atoms with Crippen molar-refractivity contribution in [2.24, 2.45) is 27.8 Å². The van der Waals surface area contributed by atoms with E-state index in [9.17, 15) is 48.6 Å². The number of hydrogen-bond acceptors (Lipinski definition) is 10. The number of nitrogens with two attached hydrogens (primary N) is 2. The van der Waals surface area contributed by atoms with Crippen LogP contribution >= 0.6 is 0 Å². The maximum atomic E-state index is 13.3. The molecule has 19 nitrogen and oxygen atoms in total. The Balaban J connectivity index is 3.22. The zero-order valence-corrected chi connectivity index (χ0v) is 26.1. The number of rotatable bonds is 19. The van der Waals surface area contributed by atoms with Gasteiger partial charge in [0, 0.05) is 12.5 Å². The van der Waals surface area contributed by atoms with Gasteiger partial charge in [-0.1, -0.05) is 20.8 Å². The van der Waals surface area contributed by atoms with Crippen LogP contribution in [0, 0.1) is 11.3 Å². The molecular weight excluding hydrogens is 612 g/mol. The molecule has 19 heteroatoms. The van der Waals surface area contributed by atoms with Gasteiger partial charge in [0.1, 0.15) is 18.1 Å². The molecule has 0 aliphatic heterocycles. The summed E-state index contributed by atoms with van der Waals surface area (Å²) < 4.78 is 0. The maximum absolute atomic E-state index is 13.3. The normalized spacial score (nSPS) is 19.4. The second kappa shape index (κ2) is 17.6. The molecule has 1 fully saturated rings. The van der Waals surface area contributed by atoms with Crippen LogP contribution < -0.4 is 38.1 Å². The number of hydrogen-bond donors (Lipinski definition) is 10.